The van der Waals surface area contributed by atoms with Crippen LogP contribution in [0.5, 0.6) is 11.5 Å². The van der Waals surface area contributed by atoms with Crippen molar-refractivity contribution in [1.82, 2.24) is 0 Å². The van der Waals surface area contributed by atoms with E-state index in [1.165, 1.54) is 14.0 Å². The number of methoxy groups -OCH3 is 1. The second-order valence-corrected chi connectivity index (χ2v) is 5.29. The van der Waals surface area contributed by atoms with Gasteiger partial charge in [0.1, 0.15) is 0 Å². The van der Waals surface area contributed by atoms with Gasteiger partial charge in [-0.05, 0) is 23.3 Å². The molecule has 0 aliphatic heterocycles. The Bertz CT molecular complexity index is 657. The summed E-state index contributed by atoms with van der Waals surface area (Å²) in [4.78, 5) is 11.1. The first-order chi connectivity index (χ1) is 11.0. The second-order valence-electron chi connectivity index (χ2n) is 5.29. The molecule has 5 heteroatoms. The highest BCUT2D eigenvalue weighted by molar-refractivity contribution is 5.70. The summed E-state index contributed by atoms with van der Waals surface area (Å²) in [5.41, 5.74) is 7.87. The molecule has 2 rings (SSSR count). The highest BCUT2D eigenvalue weighted by atomic mass is 16.6. The van der Waals surface area contributed by atoms with Gasteiger partial charge in [0, 0.05) is 13.3 Å². The topological polar surface area (TPSA) is 81.8 Å². The van der Waals surface area contributed by atoms with Gasteiger partial charge in [-0.25, -0.2) is 0 Å². The summed E-state index contributed by atoms with van der Waals surface area (Å²) in [6, 6.07) is 14.1. The summed E-state index contributed by atoms with van der Waals surface area (Å²) >= 11 is 0. The van der Waals surface area contributed by atoms with Crippen LogP contribution in [0.1, 0.15) is 24.1 Å². The average Bonchev–Trinajstić information content (AvgIpc) is 2.55. The fraction of sp³-hybridized carbons (Fsp3) is 0.278. The van der Waals surface area contributed by atoms with Crippen LogP contribution in [0.25, 0.3) is 0 Å². The molecule has 0 amide bonds. The quantitative estimate of drug-likeness (QED) is 0.631. The highest BCUT2D eigenvalue weighted by Gasteiger charge is 2.19. The number of hydrogen-bond acceptors (Lipinski definition) is 5. The maximum absolute atomic E-state index is 11.1. The van der Waals surface area contributed by atoms with Gasteiger partial charge in [0.25, 0.3) is 0 Å². The van der Waals surface area contributed by atoms with Gasteiger partial charge in [-0.1, -0.05) is 36.4 Å². The molecule has 2 atom stereocenters. The van der Waals surface area contributed by atoms with Crippen molar-refractivity contribution in [3.63, 3.8) is 0 Å². The zero-order valence-electron chi connectivity index (χ0n) is 13.2. The van der Waals surface area contributed by atoms with Gasteiger partial charge in [0.2, 0.25) is 0 Å². The molecule has 0 bridgehead atoms. The van der Waals surface area contributed by atoms with E-state index in [1.807, 2.05) is 30.3 Å². The summed E-state index contributed by atoms with van der Waals surface area (Å²) in [6.07, 6.45) is -0.280. The van der Waals surface area contributed by atoms with Crippen LogP contribution in [0.4, 0.5) is 0 Å². The zero-order valence-corrected chi connectivity index (χ0v) is 13.2. The molecular weight excluding hydrogens is 294 g/mol. The molecule has 0 aliphatic rings. The number of carbonyl (C=O) groups is 1. The predicted molar refractivity (Wildman–Crippen MR) is 87.4 cm³/mol. The van der Waals surface area contributed by atoms with E-state index in [0.29, 0.717) is 23.5 Å². The molecule has 0 heterocycles. The van der Waals surface area contributed by atoms with Crippen LogP contribution >= 0.6 is 0 Å². The van der Waals surface area contributed by atoms with Crippen LogP contribution in [-0.2, 0) is 11.2 Å². The van der Waals surface area contributed by atoms with Crippen molar-refractivity contribution in [3.05, 3.63) is 59.7 Å². The Hall–Kier alpha value is -2.37. The second kappa shape index (κ2) is 7.76. The molecule has 0 radical (unpaired) electrons. The van der Waals surface area contributed by atoms with Crippen molar-refractivity contribution in [2.24, 2.45) is 5.73 Å². The van der Waals surface area contributed by atoms with Crippen molar-refractivity contribution in [2.75, 3.05) is 7.11 Å². The highest BCUT2D eigenvalue weighted by Crippen LogP contribution is 2.31. The van der Waals surface area contributed by atoms with E-state index in [4.69, 9.17) is 15.2 Å². The summed E-state index contributed by atoms with van der Waals surface area (Å²) < 4.78 is 10.3. The SMILES string of the molecule is COc1cc([C@@H](N)[C@@H](O)Cc2ccccc2)ccc1OC(C)=O. The lowest BCUT2D eigenvalue weighted by Crippen LogP contribution is -2.28. The van der Waals surface area contributed by atoms with Crippen LogP contribution in [0, 0.1) is 0 Å². The Morgan fingerprint density at radius 1 is 1.17 bits per heavy atom. The minimum absolute atomic E-state index is 0.327. The van der Waals surface area contributed by atoms with E-state index in [9.17, 15) is 9.90 Å². The van der Waals surface area contributed by atoms with Crippen molar-refractivity contribution in [3.8, 4) is 11.5 Å². The van der Waals surface area contributed by atoms with E-state index >= 15 is 0 Å². The summed E-state index contributed by atoms with van der Waals surface area (Å²) in [5, 5.41) is 10.4. The van der Waals surface area contributed by atoms with Crippen LogP contribution in [0.2, 0.25) is 0 Å². The molecule has 23 heavy (non-hydrogen) atoms. The zero-order chi connectivity index (χ0) is 16.8. The molecule has 122 valence electrons. The molecule has 2 aromatic rings. The molecular formula is C18H21NO4. The lowest BCUT2D eigenvalue weighted by atomic mass is 9.96. The summed E-state index contributed by atoms with van der Waals surface area (Å²) in [7, 11) is 1.48. The van der Waals surface area contributed by atoms with Crippen molar-refractivity contribution in [2.45, 2.75) is 25.5 Å². The van der Waals surface area contributed by atoms with Crippen LogP contribution < -0.4 is 15.2 Å². The Labute approximate surface area is 135 Å². The number of ether oxygens (including phenoxy) is 2. The molecule has 5 nitrogen and oxygen atoms in total. The molecule has 2 aromatic carbocycles. The Kier molecular flexibility index (Phi) is 5.73. The van der Waals surface area contributed by atoms with Crippen LogP contribution in [-0.4, -0.2) is 24.3 Å². The normalized spacial score (nSPS) is 13.2. The first kappa shape index (κ1) is 17.0. The Morgan fingerprint density at radius 2 is 1.87 bits per heavy atom. The molecule has 0 aromatic heterocycles. The van der Waals surface area contributed by atoms with E-state index in [1.54, 1.807) is 18.2 Å². The molecule has 0 saturated heterocycles. The molecule has 0 fully saturated rings. The number of carbonyl (C=O) groups excluding carboxylic acids is 1. The third-order valence-electron chi connectivity index (χ3n) is 3.53. The van der Waals surface area contributed by atoms with E-state index in [2.05, 4.69) is 0 Å². The summed E-state index contributed by atoms with van der Waals surface area (Å²) in [6.45, 7) is 1.32. The van der Waals surface area contributed by atoms with Crippen LogP contribution in [0.3, 0.4) is 0 Å². The molecule has 0 spiro atoms. The van der Waals surface area contributed by atoms with Gasteiger partial charge >= 0.3 is 5.97 Å². The maximum Gasteiger partial charge on any atom is 0.308 e. The Balaban J connectivity index is 2.15. The van der Waals surface area contributed by atoms with Gasteiger partial charge in [0.15, 0.2) is 11.5 Å². The number of rotatable bonds is 6. The minimum Gasteiger partial charge on any atom is -0.493 e. The largest absolute Gasteiger partial charge is 0.493 e. The van der Waals surface area contributed by atoms with Gasteiger partial charge in [-0.15, -0.1) is 0 Å². The third kappa shape index (κ3) is 4.55. The predicted octanol–water partition coefficient (Wildman–Crippen LogP) is 2.22. The van der Waals surface area contributed by atoms with Gasteiger partial charge < -0.3 is 20.3 Å². The lowest BCUT2D eigenvalue weighted by molar-refractivity contribution is -0.132. The first-order valence-electron chi connectivity index (χ1n) is 7.35. The lowest BCUT2D eigenvalue weighted by Gasteiger charge is -2.20. The number of aliphatic hydroxyl groups excluding tert-OH is 1. The standard InChI is InChI=1S/C18H21NO4/c1-12(20)23-16-9-8-14(11-17(16)22-2)18(19)15(21)10-13-6-4-3-5-7-13/h3-9,11,15,18,21H,10,19H2,1-2H3/t15-,18+/m0/s1. The van der Waals surface area contributed by atoms with Gasteiger partial charge in [-0.2, -0.15) is 0 Å². The Morgan fingerprint density at radius 3 is 2.48 bits per heavy atom. The number of esters is 1. The fourth-order valence-corrected chi connectivity index (χ4v) is 2.34. The van der Waals surface area contributed by atoms with Crippen molar-refractivity contribution < 1.29 is 19.4 Å². The van der Waals surface area contributed by atoms with Gasteiger partial charge in [-0.3, -0.25) is 4.79 Å². The molecule has 3 N–H and O–H groups in total. The summed E-state index contributed by atoms with van der Waals surface area (Å²) in [5.74, 6) is 0.304. The van der Waals surface area contributed by atoms with Crippen LogP contribution in [0.15, 0.2) is 48.5 Å². The average molecular weight is 315 g/mol. The number of benzene rings is 2. The maximum atomic E-state index is 11.1. The third-order valence-corrected chi connectivity index (χ3v) is 3.53. The van der Waals surface area contributed by atoms with Crippen molar-refractivity contribution in [1.29, 1.82) is 0 Å². The fourth-order valence-electron chi connectivity index (χ4n) is 2.34. The van der Waals surface area contributed by atoms with Gasteiger partial charge in [0.05, 0.1) is 19.3 Å². The number of nitrogens with two attached hydrogens (primary N) is 1. The number of aliphatic hydroxyl groups is 1. The number of hydrogen-bond donors (Lipinski definition) is 2. The molecule has 0 aliphatic carbocycles. The monoisotopic (exact) mass is 315 g/mol. The molecule has 0 unspecified atom stereocenters. The first-order valence-corrected chi connectivity index (χ1v) is 7.35. The van der Waals surface area contributed by atoms with Crippen molar-refractivity contribution >= 4 is 5.97 Å². The minimum atomic E-state index is -0.735. The van der Waals surface area contributed by atoms with E-state index < -0.39 is 18.1 Å². The van der Waals surface area contributed by atoms with E-state index in [0.717, 1.165) is 5.56 Å². The smallest absolute Gasteiger partial charge is 0.308 e. The molecule has 0 saturated carbocycles. The van der Waals surface area contributed by atoms with E-state index in [-0.39, 0.29) is 0 Å².